The van der Waals surface area contributed by atoms with Gasteiger partial charge in [-0.1, -0.05) is 12.1 Å². The first-order valence-corrected chi connectivity index (χ1v) is 14.1. The summed E-state index contributed by atoms with van der Waals surface area (Å²) in [6, 6.07) is 9.67. The SMILES string of the molecule is CN(C)S(=O)(=O)NC[C@H]1CN(S(=O)(=O)c2cccc(C(F)(F)F)c2)c2cc(-c3cc(F)ccc3F)ccc2O1. The van der Waals surface area contributed by atoms with Crippen molar-refractivity contribution in [2.24, 2.45) is 0 Å². The fourth-order valence-corrected chi connectivity index (χ4v) is 6.02. The molecule has 210 valence electrons. The largest absolute Gasteiger partial charge is 0.485 e. The number of fused-ring (bicyclic) bond motifs is 1. The third-order valence-corrected chi connectivity index (χ3v) is 9.12. The van der Waals surface area contributed by atoms with Crippen molar-refractivity contribution in [1.29, 1.82) is 0 Å². The van der Waals surface area contributed by atoms with Crippen molar-refractivity contribution in [3.63, 3.8) is 0 Å². The number of ether oxygens (including phenoxy) is 1. The summed E-state index contributed by atoms with van der Waals surface area (Å²) in [4.78, 5) is -0.680. The molecule has 39 heavy (non-hydrogen) atoms. The zero-order valence-corrected chi connectivity index (χ0v) is 22.0. The van der Waals surface area contributed by atoms with Crippen molar-refractivity contribution in [3.8, 4) is 16.9 Å². The predicted molar refractivity (Wildman–Crippen MR) is 133 cm³/mol. The van der Waals surface area contributed by atoms with E-state index in [2.05, 4.69) is 4.72 Å². The molecule has 1 N–H and O–H groups in total. The van der Waals surface area contributed by atoms with E-state index in [1.807, 2.05) is 0 Å². The van der Waals surface area contributed by atoms with Gasteiger partial charge in [0.05, 0.1) is 29.2 Å². The number of rotatable bonds is 7. The summed E-state index contributed by atoms with van der Waals surface area (Å²) in [5.74, 6) is -1.61. The highest BCUT2D eigenvalue weighted by Crippen LogP contribution is 2.41. The van der Waals surface area contributed by atoms with E-state index in [1.165, 1.54) is 32.3 Å². The quantitative estimate of drug-likeness (QED) is 0.419. The third-order valence-electron chi connectivity index (χ3n) is 5.85. The summed E-state index contributed by atoms with van der Waals surface area (Å²) < 4.78 is 130. The third kappa shape index (κ3) is 6.00. The van der Waals surface area contributed by atoms with Gasteiger partial charge in [0, 0.05) is 19.7 Å². The van der Waals surface area contributed by atoms with Crippen LogP contribution >= 0.6 is 0 Å². The predicted octanol–water partition coefficient (Wildman–Crippen LogP) is 4.00. The smallest absolute Gasteiger partial charge is 0.416 e. The number of alkyl halides is 3. The number of hydrogen-bond donors (Lipinski definition) is 1. The number of nitrogens with one attached hydrogen (secondary N) is 1. The zero-order chi connectivity index (χ0) is 28.8. The summed E-state index contributed by atoms with van der Waals surface area (Å²) in [5.41, 5.74) is -1.45. The van der Waals surface area contributed by atoms with Crippen LogP contribution in [0.3, 0.4) is 0 Å². The molecule has 4 rings (SSSR count). The zero-order valence-electron chi connectivity index (χ0n) is 20.4. The van der Waals surface area contributed by atoms with Gasteiger partial charge in [0.15, 0.2) is 0 Å². The molecule has 15 heteroatoms. The molecule has 0 spiro atoms. The maximum atomic E-state index is 14.5. The van der Waals surface area contributed by atoms with Crippen molar-refractivity contribution >= 4 is 25.9 Å². The number of sulfonamides is 1. The van der Waals surface area contributed by atoms with Crippen molar-refractivity contribution < 1.29 is 43.5 Å². The molecule has 0 radical (unpaired) electrons. The lowest BCUT2D eigenvalue weighted by Crippen LogP contribution is -2.49. The van der Waals surface area contributed by atoms with Gasteiger partial charge in [0.1, 0.15) is 23.5 Å². The van der Waals surface area contributed by atoms with Crippen LogP contribution in [-0.2, 0) is 26.4 Å². The van der Waals surface area contributed by atoms with Crippen molar-refractivity contribution in [2.45, 2.75) is 17.2 Å². The van der Waals surface area contributed by atoms with E-state index in [9.17, 15) is 38.8 Å². The van der Waals surface area contributed by atoms with Crippen LogP contribution in [-0.4, -0.2) is 54.4 Å². The van der Waals surface area contributed by atoms with E-state index in [1.54, 1.807) is 0 Å². The molecule has 8 nitrogen and oxygen atoms in total. The molecular weight excluding hydrogens is 569 g/mol. The minimum atomic E-state index is -4.82. The Morgan fingerprint density at radius 1 is 1.00 bits per heavy atom. The van der Waals surface area contributed by atoms with Gasteiger partial charge in [-0.25, -0.2) is 17.2 Å². The van der Waals surface area contributed by atoms with Crippen LogP contribution < -0.4 is 13.8 Å². The Bertz CT molecular complexity index is 1610. The Hall–Kier alpha value is -3.27. The van der Waals surface area contributed by atoms with Crippen LogP contribution in [0.2, 0.25) is 0 Å². The van der Waals surface area contributed by atoms with Crippen molar-refractivity contribution in [3.05, 3.63) is 77.9 Å². The molecule has 1 aliphatic rings. The van der Waals surface area contributed by atoms with Crippen LogP contribution in [0, 0.1) is 11.6 Å². The molecule has 0 aromatic heterocycles. The first-order valence-electron chi connectivity index (χ1n) is 11.2. The second-order valence-electron chi connectivity index (χ2n) is 8.74. The van der Waals surface area contributed by atoms with Crippen LogP contribution in [0.4, 0.5) is 27.6 Å². The van der Waals surface area contributed by atoms with Crippen molar-refractivity contribution in [2.75, 3.05) is 31.5 Å². The van der Waals surface area contributed by atoms with Gasteiger partial charge in [0.2, 0.25) is 0 Å². The summed E-state index contributed by atoms with van der Waals surface area (Å²) in [6.45, 7) is -0.883. The molecule has 0 fully saturated rings. The highest BCUT2D eigenvalue weighted by Gasteiger charge is 2.37. The van der Waals surface area contributed by atoms with E-state index in [0.29, 0.717) is 6.07 Å². The number of anilines is 1. The minimum absolute atomic E-state index is 0.0635. The fraction of sp³-hybridized carbons (Fsp3) is 0.250. The molecule has 3 aromatic rings. The van der Waals surface area contributed by atoms with Gasteiger partial charge in [-0.3, -0.25) is 4.31 Å². The Morgan fingerprint density at radius 2 is 1.72 bits per heavy atom. The molecular formula is C24H22F5N3O5S2. The second kappa shape index (κ2) is 10.4. The monoisotopic (exact) mass is 591 g/mol. The Kier molecular flexibility index (Phi) is 7.64. The maximum absolute atomic E-state index is 14.5. The normalized spacial score (nSPS) is 16.2. The van der Waals surface area contributed by atoms with Crippen molar-refractivity contribution in [1.82, 2.24) is 9.03 Å². The van der Waals surface area contributed by atoms with Crippen LogP contribution in [0.1, 0.15) is 5.56 Å². The van der Waals surface area contributed by atoms with Gasteiger partial charge in [0.25, 0.3) is 20.2 Å². The molecule has 0 saturated carbocycles. The standard InChI is InChI=1S/C24H22F5N3O5S2/c1-31(2)39(35,36)30-13-18-14-32(38(33,34)19-5-3-4-16(11-19)24(27,28)29)22-10-15(6-9-23(22)37-18)20-12-17(25)7-8-21(20)26/h3-12,18,30H,13-14H2,1-2H3/t18-/m0/s1. The summed E-state index contributed by atoms with van der Waals surface area (Å²) in [6.07, 6.45) is -5.91. The molecule has 1 aliphatic heterocycles. The van der Waals surface area contributed by atoms with Gasteiger partial charge < -0.3 is 4.74 Å². The fourth-order valence-electron chi connectivity index (χ4n) is 3.82. The maximum Gasteiger partial charge on any atom is 0.416 e. The molecule has 0 aliphatic carbocycles. The van der Waals surface area contributed by atoms with E-state index in [4.69, 9.17) is 4.74 Å². The average Bonchev–Trinajstić information content (AvgIpc) is 2.87. The molecule has 0 saturated heterocycles. The minimum Gasteiger partial charge on any atom is -0.485 e. The topological polar surface area (TPSA) is 96.0 Å². The Morgan fingerprint density at radius 3 is 2.38 bits per heavy atom. The first-order chi connectivity index (χ1) is 18.1. The summed E-state index contributed by atoms with van der Waals surface area (Å²) >= 11 is 0. The van der Waals surface area contributed by atoms with E-state index >= 15 is 0 Å². The summed E-state index contributed by atoms with van der Waals surface area (Å²) in [5, 5.41) is 0. The number of benzene rings is 3. The van der Waals surface area contributed by atoms with Gasteiger partial charge >= 0.3 is 6.18 Å². The highest BCUT2D eigenvalue weighted by atomic mass is 32.2. The lowest BCUT2D eigenvalue weighted by Gasteiger charge is -2.36. The number of halogens is 5. The lowest BCUT2D eigenvalue weighted by molar-refractivity contribution is -0.137. The molecule has 1 atom stereocenters. The molecule has 0 unspecified atom stereocenters. The lowest BCUT2D eigenvalue weighted by atomic mass is 10.0. The molecule has 0 amide bonds. The number of hydrogen-bond acceptors (Lipinski definition) is 5. The summed E-state index contributed by atoms with van der Waals surface area (Å²) in [7, 11) is -6.05. The van der Waals surface area contributed by atoms with Crippen LogP contribution in [0.5, 0.6) is 5.75 Å². The van der Waals surface area contributed by atoms with Gasteiger partial charge in [-0.15, -0.1) is 0 Å². The molecule has 0 bridgehead atoms. The Balaban J connectivity index is 1.81. The Labute approximate surface area is 221 Å². The van der Waals surface area contributed by atoms with Crippen LogP contribution in [0.15, 0.2) is 65.6 Å². The van der Waals surface area contributed by atoms with E-state index < -0.39 is 61.2 Å². The van der Waals surface area contributed by atoms with E-state index in [-0.39, 0.29) is 29.1 Å². The van der Waals surface area contributed by atoms with E-state index in [0.717, 1.165) is 45.0 Å². The molecule has 1 heterocycles. The van der Waals surface area contributed by atoms with Gasteiger partial charge in [-0.2, -0.15) is 30.6 Å². The van der Waals surface area contributed by atoms with Gasteiger partial charge in [-0.05, 0) is 54.1 Å². The average molecular weight is 592 g/mol. The van der Waals surface area contributed by atoms with Crippen LogP contribution in [0.25, 0.3) is 11.1 Å². The number of nitrogens with zero attached hydrogens (tertiary/aromatic N) is 2. The molecule has 3 aromatic carbocycles. The second-order valence-corrected chi connectivity index (χ2v) is 12.6. The highest BCUT2D eigenvalue weighted by molar-refractivity contribution is 7.92. The first kappa shape index (κ1) is 28.7.